The molecule has 42 valence electrons. The second-order valence-corrected chi connectivity index (χ2v) is 4.37. The van der Waals surface area contributed by atoms with Crippen LogP contribution in [0.3, 0.4) is 0 Å². The van der Waals surface area contributed by atoms with Crippen LogP contribution >= 0.6 is 31.9 Å². The van der Waals surface area contributed by atoms with Gasteiger partial charge in [0.2, 0.25) is 0 Å². The van der Waals surface area contributed by atoms with E-state index >= 15 is 0 Å². The zero-order valence-corrected chi connectivity index (χ0v) is 7.37. The molecule has 0 heterocycles. The summed E-state index contributed by atoms with van der Waals surface area (Å²) >= 11 is 6.61. The number of alkyl halides is 2. The van der Waals surface area contributed by atoms with Crippen molar-refractivity contribution in [3.63, 3.8) is 0 Å². The van der Waals surface area contributed by atoms with E-state index in [0.29, 0.717) is 3.74 Å². The Labute approximate surface area is 61.2 Å². The summed E-state index contributed by atoms with van der Waals surface area (Å²) in [6.45, 7) is 2.11. The van der Waals surface area contributed by atoms with Crippen molar-refractivity contribution in [1.29, 1.82) is 0 Å². The molecule has 0 spiro atoms. The van der Waals surface area contributed by atoms with Gasteiger partial charge in [-0.15, -0.1) is 0 Å². The van der Waals surface area contributed by atoms with Crippen molar-refractivity contribution < 1.29 is 0 Å². The van der Waals surface area contributed by atoms with Crippen LogP contribution in [0, 0.1) is 0 Å². The van der Waals surface area contributed by atoms with E-state index < -0.39 is 0 Å². The van der Waals surface area contributed by atoms with Gasteiger partial charge in [-0.3, -0.25) is 0 Å². The Kier molecular flexibility index (Phi) is 5.33. The standard InChI is InChI=1S/C5H8Br2/c1-2-3-4-5(6)7/h3-5H,2H2,1H3. The van der Waals surface area contributed by atoms with E-state index in [4.69, 9.17) is 0 Å². The number of hydrogen-bond donors (Lipinski definition) is 0. The Hall–Kier alpha value is 0.700. The summed E-state index contributed by atoms with van der Waals surface area (Å²) in [6.07, 6.45) is 5.27. The van der Waals surface area contributed by atoms with Gasteiger partial charge in [0, 0.05) is 0 Å². The minimum absolute atomic E-state index is 0.347. The maximum absolute atomic E-state index is 3.31. The fourth-order valence-corrected chi connectivity index (χ4v) is 0.671. The van der Waals surface area contributed by atoms with E-state index in [1.165, 1.54) is 0 Å². The minimum atomic E-state index is 0.347. The lowest BCUT2D eigenvalue weighted by atomic mass is 10.4. The van der Waals surface area contributed by atoms with Crippen molar-refractivity contribution in [3.8, 4) is 0 Å². The molecule has 2 heteroatoms. The van der Waals surface area contributed by atoms with Crippen molar-refractivity contribution in [1.82, 2.24) is 0 Å². The molecule has 0 unspecified atom stereocenters. The Morgan fingerprint density at radius 1 is 1.57 bits per heavy atom. The van der Waals surface area contributed by atoms with Crippen molar-refractivity contribution in [3.05, 3.63) is 12.2 Å². The highest BCUT2D eigenvalue weighted by molar-refractivity contribution is 9.24. The van der Waals surface area contributed by atoms with Gasteiger partial charge in [0.05, 0.1) is 3.74 Å². The first-order chi connectivity index (χ1) is 3.27. The molecule has 0 saturated heterocycles. The molecule has 0 saturated carbocycles. The lowest BCUT2D eigenvalue weighted by Crippen LogP contribution is -1.70. The molecule has 0 amide bonds. The SMILES string of the molecule is CCC=CC(Br)Br. The normalized spacial score (nSPS) is 11.4. The number of hydrogen-bond acceptors (Lipinski definition) is 0. The molecule has 0 atom stereocenters. The number of halogens is 2. The van der Waals surface area contributed by atoms with Crippen LogP contribution in [0.4, 0.5) is 0 Å². The molecule has 0 rings (SSSR count). The third-order valence-electron chi connectivity index (χ3n) is 0.517. The predicted octanol–water partition coefficient (Wildman–Crippen LogP) is 3.07. The zero-order chi connectivity index (χ0) is 5.70. The van der Waals surface area contributed by atoms with Crippen LogP contribution < -0.4 is 0 Å². The van der Waals surface area contributed by atoms with Crippen LogP contribution in [0.2, 0.25) is 0 Å². The molecule has 0 radical (unpaired) electrons. The van der Waals surface area contributed by atoms with Gasteiger partial charge in [-0.2, -0.15) is 0 Å². The fourth-order valence-electron chi connectivity index (χ4n) is 0.239. The van der Waals surface area contributed by atoms with Crippen molar-refractivity contribution >= 4 is 31.9 Å². The third kappa shape index (κ3) is 6.70. The second-order valence-electron chi connectivity index (χ2n) is 1.17. The summed E-state index contributed by atoms with van der Waals surface area (Å²) in [6, 6.07) is 0. The molecule has 0 nitrogen and oxygen atoms in total. The van der Waals surface area contributed by atoms with E-state index in [2.05, 4.69) is 50.9 Å². The van der Waals surface area contributed by atoms with Crippen LogP contribution in [0.15, 0.2) is 12.2 Å². The van der Waals surface area contributed by atoms with E-state index in [9.17, 15) is 0 Å². The van der Waals surface area contributed by atoms with Gasteiger partial charge in [-0.05, 0) is 6.42 Å². The van der Waals surface area contributed by atoms with E-state index in [1.54, 1.807) is 0 Å². The Morgan fingerprint density at radius 2 is 2.14 bits per heavy atom. The minimum Gasteiger partial charge on any atom is -0.0869 e. The van der Waals surface area contributed by atoms with E-state index in [0.717, 1.165) is 6.42 Å². The molecule has 0 aromatic carbocycles. The molecule has 0 aliphatic carbocycles. The molecular weight excluding hydrogens is 220 g/mol. The smallest absolute Gasteiger partial charge is 0.0869 e. The molecule has 0 N–H and O–H groups in total. The summed E-state index contributed by atoms with van der Waals surface area (Å²) in [5.41, 5.74) is 0. The second kappa shape index (κ2) is 4.85. The van der Waals surface area contributed by atoms with Crippen LogP contribution in [0.1, 0.15) is 13.3 Å². The Bertz CT molecular complexity index is 57.1. The number of rotatable bonds is 2. The number of allylic oxidation sites excluding steroid dienone is 2. The van der Waals surface area contributed by atoms with Gasteiger partial charge in [0.15, 0.2) is 0 Å². The first-order valence-electron chi connectivity index (χ1n) is 2.22. The molecule has 0 aliphatic rings. The first kappa shape index (κ1) is 7.70. The van der Waals surface area contributed by atoms with Gasteiger partial charge >= 0.3 is 0 Å². The quantitative estimate of drug-likeness (QED) is 0.503. The molecular formula is C5H8Br2. The zero-order valence-electron chi connectivity index (χ0n) is 4.20. The lowest BCUT2D eigenvalue weighted by Gasteiger charge is -1.84. The van der Waals surface area contributed by atoms with Gasteiger partial charge < -0.3 is 0 Å². The van der Waals surface area contributed by atoms with Crippen LogP contribution in [0.5, 0.6) is 0 Å². The van der Waals surface area contributed by atoms with Crippen LogP contribution in [-0.4, -0.2) is 3.74 Å². The van der Waals surface area contributed by atoms with Gasteiger partial charge in [0.25, 0.3) is 0 Å². The molecule has 7 heavy (non-hydrogen) atoms. The predicted molar refractivity (Wildman–Crippen MR) is 41.1 cm³/mol. The summed E-state index contributed by atoms with van der Waals surface area (Å²) in [5.74, 6) is 0. The van der Waals surface area contributed by atoms with Gasteiger partial charge in [-0.25, -0.2) is 0 Å². The summed E-state index contributed by atoms with van der Waals surface area (Å²) < 4.78 is 0.347. The van der Waals surface area contributed by atoms with E-state index in [-0.39, 0.29) is 0 Å². The van der Waals surface area contributed by atoms with Crippen LogP contribution in [-0.2, 0) is 0 Å². The average Bonchev–Trinajstić information content (AvgIpc) is 1.61. The Morgan fingerprint density at radius 3 is 2.29 bits per heavy atom. The van der Waals surface area contributed by atoms with Gasteiger partial charge in [-0.1, -0.05) is 50.9 Å². The summed E-state index contributed by atoms with van der Waals surface area (Å²) in [4.78, 5) is 0. The fraction of sp³-hybridized carbons (Fsp3) is 0.600. The topological polar surface area (TPSA) is 0 Å². The highest BCUT2D eigenvalue weighted by atomic mass is 79.9. The lowest BCUT2D eigenvalue weighted by molar-refractivity contribution is 1.22. The summed E-state index contributed by atoms with van der Waals surface area (Å²) in [5, 5.41) is 0. The highest BCUT2D eigenvalue weighted by Gasteiger charge is 1.83. The largest absolute Gasteiger partial charge is 0.0877 e. The molecule has 0 aliphatic heterocycles. The Balaban J connectivity index is 3.08. The van der Waals surface area contributed by atoms with Crippen molar-refractivity contribution in [2.75, 3.05) is 0 Å². The van der Waals surface area contributed by atoms with Crippen molar-refractivity contribution in [2.24, 2.45) is 0 Å². The van der Waals surface area contributed by atoms with Crippen LogP contribution in [0.25, 0.3) is 0 Å². The molecule has 0 bridgehead atoms. The first-order valence-corrected chi connectivity index (χ1v) is 4.05. The average molecular weight is 228 g/mol. The highest BCUT2D eigenvalue weighted by Crippen LogP contribution is 2.08. The van der Waals surface area contributed by atoms with E-state index in [1.807, 2.05) is 0 Å². The monoisotopic (exact) mass is 226 g/mol. The third-order valence-corrected chi connectivity index (χ3v) is 1.13. The molecule has 0 aromatic rings. The maximum Gasteiger partial charge on any atom is 0.0877 e. The summed E-state index contributed by atoms with van der Waals surface area (Å²) in [7, 11) is 0. The molecule has 0 fully saturated rings. The molecule has 0 aromatic heterocycles. The van der Waals surface area contributed by atoms with Gasteiger partial charge in [0.1, 0.15) is 0 Å². The van der Waals surface area contributed by atoms with Crippen molar-refractivity contribution in [2.45, 2.75) is 17.1 Å². The maximum atomic E-state index is 3.31.